The molecule has 0 saturated heterocycles. The Hall–Kier alpha value is -2.11. The van der Waals surface area contributed by atoms with E-state index >= 15 is 0 Å². The van der Waals surface area contributed by atoms with E-state index in [1.807, 2.05) is 0 Å². The highest BCUT2D eigenvalue weighted by Crippen LogP contribution is 2.30. The number of aldehydes is 1. The number of guanidine groups is 1. The normalized spacial score (nSPS) is 17.6. The maximum absolute atomic E-state index is 13.0. The van der Waals surface area contributed by atoms with Crippen molar-refractivity contribution >= 4 is 12.2 Å². The monoisotopic (exact) mass is 335 g/mol. The fraction of sp³-hybridized carbons (Fsp3) is 0.556. The van der Waals surface area contributed by atoms with E-state index in [4.69, 9.17) is 10.1 Å². The Labute approximate surface area is 142 Å². The molecule has 5 nitrogen and oxygen atoms in total. The molecule has 0 heterocycles. The van der Waals surface area contributed by atoms with Crippen LogP contribution in [0, 0.1) is 17.1 Å². The summed E-state index contributed by atoms with van der Waals surface area (Å²) in [6, 6.07) is 5.72. The van der Waals surface area contributed by atoms with Gasteiger partial charge in [0.15, 0.2) is 5.96 Å². The van der Waals surface area contributed by atoms with Gasteiger partial charge in [-0.1, -0.05) is 32.1 Å². The summed E-state index contributed by atoms with van der Waals surface area (Å²) in [5, 5.41) is 13.5. The smallest absolute Gasteiger partial charge is 0.189 e. The number of carbonyl (C=O) groups is 1. The number of hydrogen-bond donors (Lipinski definition) is 3. The molecule has 1 unspecified atom stereocenters. The van der Waals surface area contributed by atoms with E-state index in [1.54, 1.807) is 7.05 Å². The molecule has 1 aliphatic carbocycles. The zero-order valence-corrected chi connectivity index (χ0v) is 14.1. The molecule has 24 heavy (non-hydrogen) atoms. The molecule has 0 aliphatic heterocycles. The number of hydrogen-bond acceptors (Lipinski definition) is 3. The third-order valence-electron chi connectivity index (χ3n) is 4.54. The van der Waals surface area contributed by atoms with Crippen molar-refractivity contribution in [2.45, 2.75) is 44.1 Å². The molecule has 1 aliphatic rings. The summed E-state index contributed by atoms with van der Waals surface area (Å²) in [6.45, 7) is 0.0999. The van der Waals surface area contributed by atoms with Crippen molar-refractivity contribution in [3.05, 3.63) is 30.1 Å². The van der Waals surface area contributed by atoms with E-state index in [1.165, 1.54) is 43.5 Å². The molecule has 1 fully saturated rings. The van der Waals surface area contributed by atoms with Gasteiger partial charge in [0.1, 0.15) is 30.0 Å². The lowest BCUT2D eigenvalue weighted by molar-refractivity contribution is -0.114. The third-order valence-corrected chi connectivity index (χ3v) is 4.54. The highest BCUT2D eigenvalue weighted by atomic mass is 19.1. The highest BCUT2D eigenvalue weighted by Gasteiger charge is 2.35. The number of carbonyl (C=O) groups excluding carboxylic acids is 1. The fourth-order valence-electron chi connectivity index (χ4n) is 3.22. The quantitative estimate of drug-likeness (QED) is 0.407. The van der Waals surface area contributed by atoms with Crippen LogP contribution in [0.15, 0.2) is 24.3 Å². The highest BCUT2D eigenvalue weighted by molar-refractivity contribution is 5.82. The van der Waals surface area contributed by atoms with Crippen molar-refractivity contribution in [2.75, 3.05) is 13.7 Å². The average molecular weight is 335 g/mol. The number of rotatable bonds is 7. The van der Waals surface area contributed by atoms with Gasteiger partial charge in [0.2, 0.25) is 0 Å². The van der Waals surface area contributed by atoms with Crippen LogP contribution in [0.1, 0.15) is 38.5 Å². The summed E-state index contributed by atoms with van der Waals surface area (Å²) in [5.74, 6) is 0.698. The summed E-state index contributed by atoms with van der Waals surface area (Å²) in [6.07, 6.45) is 7.28. The minimum Gasteiger partial charge on any atom is -0.491 e. The lowest BCUT2D eigenvalue weighted by Crippen LogP contribution is -2.57. The van der Waals surface area contributed by atoms with Gasteiger partial charge in [-0.2, -0.15) is 0 Å². The number of benzene rings is 1. The van der Waals surface area contributed by atoms with Gasteiger partial charge >= 0.3 is 0 Å². The largest absolute Gasteiger partial charge is 0.491 e. The fourth-order valence-corrected chi connectivity index (χ4v) is 3.22. The van der Waals surface area contributed by atoms with Crippen LogP contribution in [0.5, 0.6) is 5.75 Å². The Morgan fingerprint density at radius 1 is 1.33 bits per heavy atom. The van der Waals surface area contributed by atoms with E-state index in [0.717, 1.165) is 19.1 Å². The van der Waals surface area contributed by atoms with E-state index in [9.17, 15) is 9.18 Å². The molecular formula is C18H26FN3O2. The molecule has 6 heteroatoms. The Kier molecular flexibility index (Phi) is 6.58. The first-order chi connectivity index (χ1) is 11.6. The van der Waals surface area contributed by atoms with Crippen LogP contribution in [0.3, 0.4) is 0 Å². The van der Waals surface area contributed by atoms with Crippen LogP contribution in [0.4, 0.5) is 4.39 Å². The second kappa shape index (κ2) is 8.66. The lowest BCUT2D eigenvalue weighted by atomic mass is 9.80. The first-order valence-corrected chi connectivity index (χ1v) is 8.46. The SMILES string of the molecule is CNC(=N)NC(C=O)(COc1ccc(F)cc1)CC1CCCCC1. The van der Waals surface area contributed by atoms with Gasteiger partial charge in [0, 0.05) is 7.05 Å². The minimum absolute atomic E-state index is 0.0839. The van der Waals surface area contributed by atoms with Crippen LogP contribution >= 0.6 is 0 Å². The molecule has 0 spiro atoms. The summed E-state index contributed by atoms with van der Waals surface area (Å²) in [7, 11) is 1.63. The zero-order valence-electron chi connectivity index (χ0n) is 14.1. The number of nitrogens with one attached hydrogen (secondary N) is 3. The second-order valence-electron chi connectivity index (χ2n) is 6.47. The van der Waals surface area contributed by atoms with Crippen molar-refractivity contribution in [3.63, 3.8) is 0 Å². The summed E-state index contributed by atoms with van der Waals surface area (Å²) in [4.78, 5) is 11.9. The van der Waals surface area contributed by atoms with Gasteiger partial charge in [-0.25, -0.2) is 4.39 Å². The molecule has 1 aromatic rings. The standard InChI is InChI=1S/C18H26FN3O2/c1-21-17(20)22-18(12-23,11-14-5-3-2-4-6-14)13-24-16-9-7-15(19)8-10-16/h7-10,12,14H,2-6,11,13H2,1H3,(H3,20,21,22). The Morgan fingerprint density at radius 3 is 2.58 bits per heavy atom. The summed E-state index contributed by atoms with van der Waals surface area (Å²) >= 11 is 0. The second-order valence-corrected chi connectivity index (χ2v) is 6.47. The maximum atomic E-state index is 13.0. The molecule has 1 saturated carbocycles. The molecule has 1 atom stereocenters. The van der Waals surface area contributed by atoms with Crippen LogP contribution in [-0.2, 0) is 4.79 Å². The van der Waals surface area contributed by atoms with Gasteiger partial charge in [0.05, 0.1) is 0 Å². The molecule has 0 amide bonds. The molecule has 3 N–H and O–H groups in total. The topological polar surface area (TPSA) is 74.2 Å². The zero-order chi connectivity index (χ0) is 17.4. The molecule has 132 valence electrons. The minimum atomic E-state index is -0.962. The molecule has 0 radical (unpaired) electrons. The van der Waals surface area contributed by atoms with E-state index in [-0.39, 0.29) is 18.4 Å². The van der Waals surface area contributed by atoms with Crippen molar-refractivity contribution in [1.29, 1.82) is 5.41 Å². The lowest BCUT2D eigenvalue weighted by Gasteiger charge is -2.34. The third kappa shape index (κ3) is 5.22. The Morgan fingerprint density at radius 2 is 2.00 bits per heavy atom. The van der Waals surface area contributed by atoms with Gasteiger partial charge < -0.3 is 20.2 Å². The molecule has 1 aromatic carbocycles. The van der Waals surface area contributed by atoms with E-state index < -0.39 is 5.54 Å². The Bertz CT molecular complexity index is 544. The molecule has 0 bridgehead atoms. The number of ether oxygens (including phenoxy) is 1. The van der Waals surface area contributed by atoms with Gasteiger partial charge in [-0.05, 0) is 36.6 Å². The first-order valence-electron chi connectivity index (χ1n) is 8.46. The number of halogens is 1. The predicted octanol–water partition coefficient (Wildman–Crippen LogP) is 2.86. The van der Waals surface area contributed by atoms with Crippen LogP contribution in [0.2, 0.25) is 0 Å². The molecule has 0 aromatic heterocycles. The van der Waals surface area contributed by atoms with Crippen molar-refractivity contribution in [1.82, 2.24) is 10.6 Å². The summed E-state index contributed by atoms with van der Waals surface area (Å²) in [5.41, 5.74) is -0.962. The predicted molar refractivity (Wildman–Crippen MR) is 91.8 cm³/mol. The van der Waals surface area contributed by atoms with Gasteiger partial charge in [-0.3, -0.25) is 5.41 Å². The van der Waals surface area contributed by atoms with Crippen molar-refractivity contribution in [2.24, 2.45) is 5.92 Å². The molecular weight excluding hydrogens is 309 g/mol. The van der Waals surface area contributed by atoms with Crippen LogP contribution in [-0.4, -0.2) is 31.4 Å². The van der Waals surface area contributed by atoms with Crippen LogP contribution in [0.25, 0.3) is 0 Å². The average Bonchev–Trinajstić information content (AvgIpc) is 2.61. The van der Waals surface area contributed by atoms with Gasteiger partial charge in [0.25, 0.3) is 0 Å². The van der Waals surface area contributed by atoms with Crippen molar-refractivity contribution < 1.29 is 13.9 Å². The molecule has 2 rings (SSSR count). The summed E-state index contributed by atoms with van der Waals surface area (Å²) < 4.78 is 18.7. The van der Waals surface area contributed by atoms with Crippen molar-refractivity contribution in [3.8, 4) is 5.75 Å². The van der Waals surface area contributed by atoms with E-state index in [2.05, 4.69) is 10.6 Å². The maximum Gasteiger partial charge on any atom is 0.189 e. The van der Waals surface area contributed by atoms with Gasteiger partial charge in [-0.15, -0.1) is 0 Å². The van der Waals surface area contributed by atoms with E-state index in [0.29, 0.717) is 18.1 Å². The first kappa shape index (κ1) is 18.2. The Balaban J connectivity index is 2.08. The van der Waals surface area contributed by atoms with Crippen LogP contribution < -0.4 is 15.4 Å².